The Morgan fingerprint density at radius 1 is 1.44 bits per heavy atom. The van der Waals surface area contributed by atoms with Crippen LogP contribution in [0.3, 0.4) is 0 Å². The van der Waals surface area contributed by atoms with E-state index in [1.807, 2.05) is 12.1 Å². The average Bonchev–Trinajstić information content (AvgIpc) is 2.30. The van der Waals surface area contributed by atoms with E-state index in [1.165, 1.54) is 0 Å². The quantitative estimate of drug-likeness (QED) is 0.826. The Morgan fingerprint density at radius 3 is 2.56 bits per heavy atom. The number of carbonyl (C=O) groups is 1. The first-order valence-corrected chi connectivity index (χ1v) is 5.69. The molecule has 0 fully saturated rings. The predicted molar refractivity (Wildman–Crippen MR) is 63.2 cm³/mol. The highest BCUT2D eigenvalue weighted by molar-refractivity contribution is 5.88. The van der Waals surface area contributed by atoms with E-state index in [0.29, 0.717) is 6.42 Å². The number of aromatic nitrogens is 1. The van der Waals surface area contributed by atoms with Gasteiger partial charge >= 0.3 is 0 Å². The monoisotopic (exact) mass is 221 g/mol. The van der Waals surface area contributed by atoms with Crippen molar-refractivity contribution in [1.82, 2.24) is 4.98 Å². The minimum absolute atomic E-state index is 0.174. The maximum absolute atomic E-state index is 11.7. The number of nitrogens with zero attached hydrogens (tertiary/aromatic N) is 1. The SMILES string of the molecule is CCc1ccc(CC(=O)C(C)(O)CC)nc1. The number of aliphatic hydroxyl groups is 1. The van der Waals surface area contributed by atoms with Crippen LogP contribution in [0.25, 0.3) is 0 Å². The van der Waals surface area contributed by atoms with Gasteiger partial charge in [0.2, 0.25) is 0 Å². The highest BCUT2D eigenvalue weighted by Gasteiger charge is 2.27. The summed E-state index contributed by atoms with van der Waals surface area (Å²) in [7, 11) is 0. The van der Waals surface area contributed by atoms with Gasteiger partial charge in [-0.1, -0.05) is 19.9 Å². The summed E-state index contributed by atoms with van der Waals surface area (Å²) in [6.45, 7) is 5.41. The Morgan fingerprint density at radius 2 is 2.12 bits per heavy atom. The molecule has 16 heavy (non-hydrogen) atoms. The van der Waals surface area contributed by atoms with E-state index < -0.39 is 5.60 Å². The van der Waals surface area contributed by atoms with Crippen molar-refractivity contribution in [3.8, 4) is 0 Å². The standard InChI is InChI=1S/C13H19NO2/c1-4-10-6-7-11(14-9-10)8-12(15)13(3,16)5-2/h6-7,9,16H,4-5,8H2,1-3H3. The van der Waals surface area contributed by atoms with E-state index in [0.717, 1.165) is 17.7 Å². The van der Waals surface area contributed by atoms with Crippen molar-refractivity contribution in [3.63, 3.8) is 0 Å². The zero-order chi connectivity index (χ0) is 12.2. The maximum atomic E-state index is 11.7. The van der Waals surface area contributed by atoms with Crippen molar-refractivity contribution in [2.75, 3.05) is 0 Å². The van der Waals surface area contributed by atoms with Crippen LogP contribution < -0.4 is 0 Å². The second kappa shape index (κ2) is 5.21. The summed E-state index contributed by atoms with van der Waals surface area (Å²) >= 11 is 0. The fourth-order valence-electron chi connectivity index (χ4n) is 1.32. The van der Waals surface area contributed by atoms with Crippen LogP contribution in [0.4, 0.5) is 0 Å². The lowest BCUT2D eigenvalue weighted by molar-refractivity contribution is -0.135. The molecule has 0 radical (unpaired) electrons. The van der Waals surface area contributed by atoms with Gasteiger partial charge in [-0.3, -0.25) is 9.78 Å². The van der Waals surface area contributed by atoms with Gasteiger partial charge in [0, 0.05) is 11.9 Å². The van der Waals surface area contributed by atoms with Gasteiger partial charge in [0.15, 0.2) is 5.78 Å². The Balaban J connectivity index is 2.70. The predicted octanol–water partition coefficient (Wildman–Crippen LogP) is 1.92. The van der Waals surface area contributed by atoms with Gasteiger partial charge in [0.25, 0.3) is 0 Å². The summed E-state index contributed by atoms with van der Waals surface area (Å²) in [5.41, 5.74) is 0.639. The normalized spacial score (nSPS) is 14.5. The van der Waals surface area contributed by atoms with E-state index in [1.54, 1.807) is 20.0 Å². The Labute approximate surface area is 96.5 Å². The molecular weight excluding hydrogens is 202 g/mol. The molecule has 0 aromatic carbocycles. The van der Waals surface area contributed by atoms with Crippen LogP contribution in [0.2, 0.25) is 0 Å². The molecule has 0 saturated heterocycles. The molecule has 88 valence electrons. The number of rotatable bonds is 5. The molecule has 0 bridgehead atoms. The molecule has 3 heteroatoms. The number of carbonyl (C=O) groups excluding carboxylic acids is 1. The Kier molecular flexibility index (Phi) is 4.19. The summed E-state index contributed by atoms with van der Waals surface area (Å²) in [6, 6.07) is 3.82. The zero-order valence-electron chi connectivity index (χ0n) is 10.2. The van der Waals surface area contributed by atoms with E-state index in [2.05, 4.69) is 11.9 Å². The number of hydrogen-bond acceptors (Lipinski definition) is 3. The van der Waals surface area contributed by atoms with Crippen LogP contribution in [0, 0.1) is 0 Å². The number of ketones is 1. The van der Waals surface area contributed by atoms with E-state index >= 15 is 0 Å². The molecule has 1 unspecified atom stereocenters. The number of pyridine rings is 1. The molecule has 1 aromatic rings. The van der Waals surface area contributed by atoms with E-state index in [-0.39, 0.29) is 12.2 Å². The lowest BCUT2D eigenvalue weighted by Gasteiger charge is -2.19. The molecule has 1 heterocycles. The van der Waals surface area contributed by atoms with Gasteiger partial charge in [-0.15, -0.1) is 0 Å². The highest BCUT2D eigenvalue weighted by atomic mass is 16.3. The number of Topliss-reactive ketones (excluding diaryl/α,β-unsaturated/α-hetero) is 1. The van der Waals surface area contributed by atoms with Crippen molar-refractivity contribution < 1.29 is 9.90 Å². The zero-order valence-corrected chi connectivity index (χ0v) is 10.2. The topological polar surface area (TPSA) is 50.2 Å². The fraction of sp³-hybridized carbons (Fsp3) is 0.538. The molecule has 1 aromatic heterocycles. The van der Waals surface area contributed by atoms with Crippen molar-refractivity contribution in [3.05, 3.63) is 29.6 Å². The fourth-order valence-corrected chi connectivity index (χ4v) is 1.32. The van der Waals surface area contributed by atoms with Crippen LogP contribution in [0.1, 0.15) is 38.4 Å². The van der Waals surface area contributed by atoms with Crippen LogP contribution in [-0.2, 0) is 17.6 Å². The minimum atomic E-state index is -1.23. The lowest BCUT2D eigenvalue weighted by Crippen LogP contribution is -2.35. The van der Waals surface area contributed by atoms with Crippen LogP contribution in [0.15, 0.2) is 18.3 Å². The molecule has 0 aliphatic carbocycles. The van der Waals surface area contributed by atoms with Gasteiger partial charge in [-0.25, -0.2) is 0 Å². The second-order valence-corrected chi connectivity index (χ2v) is 4.24. The number of aryl methyl sites for hydroxylation is 1. The van der Waals surface area contributed by atoms with Crippen molar-refractivity contribution >= 4 is 5.78 Å². The molecule has 1 rings (SSSR count). The lowest BCUT2D eigenvalue weighted by atomic mass is 9.94. The molecule has 3 nitrogen and oxygen atoms in total. The molecular formula is C13H19NO2. The van der Waals surface area contributed by atoms with Crippen LogP contribution in [-0.4, -0.2) is 21.5 Å². The Hall–Kier alpha value is -1.22. The maximum Gasteiger partial charge on any atom is 0.169 e. The first-order chi connectivity index (χ1) is 7.49. The van der Waals surface area contributed by atoms with Crippen molar-refractivity contribution in [2.45, 2.75) is 45.6 Å². The summed E-state index contributed by atoms with van der Waals surface area (Å²) in [6.07, 6.45) is 3.35. The molecule has 0 amide bonds. The molecule has 1 atom stereocenters. The molecule has 0 saturated carbocycles. The third-order valence-electron chi connectivity index (χ3n) is 2.93. The molecule has 0 spiro atoms. The molecule has 0 aliphatic heterocycles. The number of hydrogen-bond donors (Lipinski definition) is 1. The summed E-state index contributed by atoms with van der Waals surface area (Å²) in [5, 5.41) is 9.78. The smallest absolute Gasteiger partial charge is 0.169 e. The van der Waals surface area contributed by atoms with Gasteiger partial charge in [0.05, 0.1) is 6.42 Å². The molecule has 1 N–H and O–H groups in total. The summed E-state index contributed by atoms with van der Waals surface area (Å²) in [4.78, 5) is 15.9. The third kappa shape index (κ3) is 3.14. The average molecular weight is 221 g/mol. The highest BCUT2D eigenvalue weighted by Crippen LogP contribution is 2.13. The van der Waals surface area contributed by atoms with Gasteiger partial charge < -0.3 is 5.11 Å². The van der Waals surface area contributed by atoms with Crippen molar-refractivity contribution in [1.29, 1.82) is 0 Å². The van der Waals surface area contributed by atoms with Crippen LogP contribution >= 0.6 is 0 Å². The minimum Gasteiger partial charge on any atom is -0.382 e. The van der Waals surface area contributed by atoms with Gasteiger partial charge in [-0.2, -0.15) is 0 Å². The molecule has 0 aliphatic rings. The Bertz CT molecular complexity index is 355. The largest absolute Gasteiger partial charge is 0.382 e. The summed E-state index contributed by atoms with van der Waals surface area (Å²) < 4.78 is 0. The first kappa shape index (κ1) is 12.8. The third-order valence-corrected chi connectivity index (χ3v) is 2.93. The summed E-state index contributed by atoms with van der Waals surface area (Å²) in [5.74, 6) is -0.174. The first-order valence-electron chi connectivity index (χ1n) is 5.69. The van der Waals surface area contributed by atoms with E-state index in [4.69, 9.17) is 0 Å². The van der Waals surface area contributed by atoms with Gasteiger partial charge in [0.1, 0.15) is 5.60 Å². The van der Waals surface area contributed by atoms with Crippen LogP contribution in [0.5, 0.6) is 0 Å². The van der Waals surface area contributed by atoms with E-state index in [9.17, 15) is 9.90 Å². The van der Waals surface area contributed by atoms with Crippen molar-refractivity contribution in [2.24, 2.45) is 0 Å². The van der Waals surface area contributed by atoms with Gasteiger partial charge in [-0.05, 0) is 31.4 Å². The second-order valence-electron chi connectivity index (χ2n) is 4.24.